The van der Waals surface area contributed by atoms with Crippen LogP contribution in [0.5, 0.6) is 0 Å². The maximum atomic E-state index is 10.9. The summed E-state index contributed by atoms with van der Waals surface area (Å²) in [6.45, 7) is 5.86. The Labute approximate surface area is 120 Å². The minimum absolute atomic E-state index is 0.414. The normalized spacial score (nSPS) is 11.3. The van der Waals surface area contributed by atoms with Crippen LogP contribution in [-0.2, 0) is 10.0 Å². The van der Waals surface area contributed by atoms with Crippen molar-refractivity contribution >= 4 is 21.7 Å². The third kappa shape index (κ3) is 7.25. The molecule has 114 valence electrons. The molecule has 0 aliphatic heterocycles. The Morgan fingerprint density at radius 3 is 2.25 bits per heavy atom. The lowest BCUT2D eigenvalue weighted by atomic mass is 10.4. The molecule has 0 aliphatic rings. The Morgan fingerprint density at radius 2 is 1.70 bits per heavy atom. The molecule has 0 fully saturated rings. The molecule has 1 aromatic rings. The summed E-state index contributed by atoms with van der Waals surface area (Å²) in [4.78, 5) is 8.58. The first-order chi connectivity index (χ1) is 9.40. The molecule has 20 heavy (non-hydrogen) atoms. The summed E-state index contributed by atoms with van der Waals surface area (Å²) in [6, 6.07) is 1.85. The summed E-state index contributed by atoms with van der Waals surface area (Å²) < 4.78 is 24.2. The molecule has 0 saturated heterocycles. The third-order valence-electron chi connectivity index (χ3n) is 2.42. The van der Waals surface area contributed by atoms with E-state index in [4.69, 9.17) is 0 Å². The zero-order valence-electron chi connectivity index (χ0n) is 12.2. The molecule has 8 heteroatoms. The zero-order valence-corrected chi connectivity index (χ0v) is 13.0. The van der Waals surface area contributed by atoms with Crippen molar-refractivity contribution in [2.24, 2.45) is 0 Å². The Bertz CT molecular complexity index is 519. The predicted molar refractivity (Wildman–Crippen MR) is 81.5 cm³/mol. The minimum Gasteiger partial charge on any atom is -0.370 e. The molecule has 0 aromatic carbocycles. The van der Waals surface area contributed by atoms with Gasteiger partial charge in [-0.2, -0.15) is 0 Å². The lowest BCUT2D eigenvalue weighted by Crippen LogP contribution is -2.24. The van der Waals surface area contributed by atoms with Gasteiger partial charge in [0.15, 0.2) is 0 Å². The summed E-state index contributed by atoms with van der Waals surface area (Å²) in [7, 11) is -3.11. The van der Waals surface area contributed by atoms with E-state index in [2.05, 4.69) is 32.2 Å². The number of sulfonamides is 1. The van der Waals surface area contributed by atoms with Gasteiger partial charge in [-0.15, -0.1) is 0 Å². The van der Waals surface area contributed by atoms with E-state index < -0.39 is 10.0 Å². The molecule has 1 aromatic heterocycles. The number of rotatable bonds is 9. The highest BCUT2D eigenvalue weighted by molar-refractivity contribution is 7.88. The summed E-state index contributed by atoms with van der Waals surface area (Å²) in [5.74, 6) is 2.24. The zero-order chi connectivity index (χ0) is 15.0. The van der Waals surface area contributed by atoms with Crippen molar-refractivity contribution in [3.8, 4) is 0 Å². The Morgan fingerprint density at radius 1 is 1.10 bits per heavy atom. The number of aryl methyl sites for hydroxylation is 1. The molecular weight excluding hydrogens is 278 g/mol. The van der Waals surface area contributed by atoms with Gasteiger partial charge in [0.25, 0.3) is 0 Å². The van der Waals surface area contributed by atoms with Gasteiger partial charge in [-0.25, -0.2) is 23.1 Å². The summed E-state index contributed by atoms with van der Waals surface area (Å²) in [5, 5.41) is 6.38. The molecule has 1 rings (SSSR count). The number of hydrogen-bond donors (Lipinski definition) is 3. The van der Waals surface area contributed by atoms with E-state index in [9.17, 15) is 8.42 Å². The van der Waals surface area contributed by atoms with E-state index in [0.717, 1.165) is 30.9 Å². The van der Waals surface area contributed by atoms with Crippen molar-refractivity contribution in [3.63, 3.8) is 0 Å². The highest BCUT2D eigenvalue weighted by Crippen LogP contribution is 2.10. The molecule has 0 unspecified atom stereocenters. The van der Waals surface area contributed by atoms with Gasteiger partial charge >= 0.3 is 0 Å². The van der Waals surface area contributed by atoms with Crippen LogP contribution in [0.25, 0.3) is 0 Å². The van der Waals surface area contributed by atoms with Crippen molar-refractivity contribution in [2.75, 3.05) is 36.5 Å². The van der Waals surface area contributed by atoms with Crippen LogP contribution < -0.4 is 15.4 Å². The molecule has 0 atom stereocenters. The first-order valence-corrected chi connectivity index (χ1v) is 8.58. The molecule has 3 N–H and O–H groups in total. The molecular formula is C12H23N5O2S. The number of hydrogen-bond acceptors (Lipinski definition) is 6. The van der Waals surface area contributed by atoms with Gasteiger partial charge in [-0.05, 0) is 19.8 Å². The second-order valence-corrected chi connectivity index (χ2v) is 6.39. The first-order valence-electron chi connectivity index (χ1n) is 6.69. The fraction of sp³-hybridized carbons (Fsp3) is 0.667. The molecule has 0 spiro atoms. The van der Waals surface area contributed by atoms with Crippen molar-refractivity contribution in [1.29, 1.82) is 0 Å². The van der Waals surface area contributed by atoms with E-state index in [0.29, 0.717) is 25.3 Å². The Balaban J connectivity index is 2.41. The predicted octanol–water partition coefficient (Wildman–Crippen LogP) is 0.958. The van der Waals surface area contributed by atoms with E-state index in [1.807, 2.05) is 13.0 Å². The molecule has 0 bridgehead atoms. The number of anilines is 2. The summed E-state index contributed by atoms with van der Waals surface area (Å²) in [5.41, 5.74) is 0. The maximum Gasteiger partial charge on any atom is 0.208 e. The van der Waals surface area contributed by atoms with Crippen LogP contribution in [0, 0.1) is 6.92 Å². The minimum atomic E-state index is -3.11. The lowest BCUT2D eigenvalue weighted by Gasteiger charge is -2.09. The largest absolute Gasteiger partial charge is 0.370 e. The average Bonchev–Trinajstić information content (AvgIpc) is 2.34. The molecule has 1 heterocycles. The van der Waals surface area contributed by atoms with Crippen LogP contribution in [-0.4, -0.2) is 44.3 Å². The first kappa shape index (κ1) is 16.6. The number of nitrogens with one attached hydrogen (secondary N) is 3. The number of nitrogens with zero attached hydrogens (tertiary/aromatic N) is 2. The Kier molecular flexibility index (Phi) is 6.66. The van der Waals surface area contributed by atoms with E-state index >= 15 is 0 Å². The highest BCUT2D eigenvalue weighted by atomic mass is 32.2. The SMILES string of the molecule is CCCNc1cc(NCCCNS(C)(=O)=O)nc(C)n1. The molecule has 0 saturated carbocycles. The van der Waals surface area contributed by atoms with Crippen molar-refractivity contribution < 1.29 is 8.42 Å². The average molecular weight is 301 g/mol. The monoisotopic (exact) mass is 301 g/mol. The van der Waals surface area contributed by atoms with Gasteiger partial charge in [-0.1, -0.05) is 6.92 Å². The highest BCUT2D eigenvalue weighted by Gasteiger charge is 2.02. The van der Waals surface area contributed by atoms with Crippen LogP contribution in [0.4, 0.5) is 11.6 Å². The fourth-order valence-electron chi connectivity index (χ4n) is 1.56. The van der Waals surface area contributed by atoms with Gasteiger partial charge in [-0.3, -0.25) is 0 Å². The van der Waals surface area contributed by atoms with Gasteiger partial charge < -0.3 is 10.6 Å². The third-order valence-corrected chi connectivity index (χ3v) is 3.15. The second-order valence-electron chi connectivity index (χ2n) is 4.56. The molecule has 0 amide bonds. The Hall–Kier alpha value is -1.41. The van der Waals surface area contributed by atoms with Crippen molar-refractivity contribution in [3.05, 3.63) is 11.9 Å². The quantitative estimate of drug-likeness (QED) is 0.588. The van der Waals surface area contributed by atoms with Gasteiger partial charge in [0.1, 0.15) is 17.5 Å². The van der Waals surface area contributed by atoms with Crippen LogP contribution >= 0.6 is 0 Å². The number of aromatic nitrogens is 2. The summed E-state index contributed by atoms with van der Waals surface area (Å²) in [6.07, 6.45) is 2.87. The van der Waals surface area contributed by atoms with Gasteiger partial charge in [0, 0.05) is 25.7 Å². The molecule has 0 radical (unpaired) electrons. The lowest BCUT2D eigenvalue weighted by molar-refractivity contribution is 0.586. The van der Waals surface area contributed by atoms with Crippen LogP contribution in [0.1, 0.15) is 25.6 Å². The van der Waals surface area contributed by atoms with Crippen molar-refractivity contribution in [2.45, 2.75) is 26.7 Å². The van der Waals surface area contributed by atoms with Crippen LogP contribution in [0.3, 0.4) is 0 Å². The smallest absolute Gasteiger partial charge is 0.208 e. The van der Waals surface area contributed by atoms with E-state index in [-0.39, 0.29) is 0 Å². The standard InChI is InChI=1S/C12H23N5O2S/c1-4-6-13-11-9-12(17-10(2)16-11)14-7-5-8-15-20(3,18)19/h9,15H,4-8H2,1-3H3,(H2,13,14,16,17). The molecule has 0 aliphatic carbocycles. The van der Waals surface area contributed by atoms with Crippen molar-refractivity contribution in [1.82, 2.24) is 14.7 Å². The topological polar surface area (TPSA) is 96.0 Å². The summed E-state index contributed by atoms with van der Waals surface area (Å²) >= 11 is 0. The van der Waals surface area contributed by atoms with Gasteiger partial charge in [0.2, 0.25) is 10.0 Å². The second kappa shape index (κ2) is 8.01. The fourth-order valence-corrected chi connectivity index (χ4v) is 2.08. The van der Waals surface area contributed by atoms with Crippen LogP contribution in [0.15, 0.2) is 6.07 Å². The van der Waals surface area contributed by atoms with Gasteiger partial charge in [0.05, 0.1) is 6.26 Å². The maximum absolute atomic E-state index is 10.9. The van der Waals surface area contributed by atoms with E-state index in [1.54, 1.807) is 0 Å². The van der Waals surface area contributed by atoms with Crippen LogP contribution in [0.2, 0.25) is 0 Å². The molecule has 7 nitrogen and oxygen atoms in total. The van der Waals surface area contributed by atoms with E-state index in [1.165, 1.54) is 0 Å².